The molecule has 0 aliphatic carbocycles. The minimum Gasteiger partial charge on any atom is -0.464 e. The van der Waals surface area contributed by atoms with Crippen LogP contribution < -0.4 is 4.74 Å². The Morgan fingerprint density at radius 2 is 1.40 bits per heavy atom. The minimum absolute atomic E-state index is 0.618. The van der Waals surface area contributed by atoms with Gasteiger partial charge in [-0.3, -0.25) is 4.90 Å². The second-order valence-electron chi connectivity index (χ2n) is 7.92. The van der Waals surface area contributed by atoms with Crippen LogP contribution in [-0.4, -0.2) is 18.0 Å². The Hall–Kier alpha value is -3.28. The Kier molecular flexibility index (Phi) is 4.91. The van der Waals surface area contributed by atoms with Crippen LogP contribution in [0.4, 0.5) is 0 Å². The summed E-state index contributed by atoms with van der Waals surface area (Å²) in [5.41, 5.74) is 4.87. The van der Waals surface area contributed by atoms with Crippen molar-refractivity contribution in [2.75, 3.05) is 13.1 Å². The summed E-state index contributed by atoms with van der Waals surface area (Å²) in [6, 6.07) is 29.1. The summed E-state index contributed by atoms with van der Waals surface area (Å²) in [7, 11) is 0. The van der Waals surface area contributed by atoms with Crippen molar-refractivity contribution >= 4 is 5.57 Å². The predicted molar refractivity (Wildman–Crippen MR) is 122 cm³/mol. The van der Waals surface area contributed by atoms with Crippen LogP contribution in [0.25, 0.3) is 5.57 Å². The van der Waals surface area contributed by atoms with Crippen molar-refractivity contribution < 1.29 is 4.74 Å². The van der Waals surface area contributed by atoms with E-state index in [0.717, 1.165) is 46.7 Å². The number of fused-ring (bicyclic) bond motifs is 1. The molecule has 2 heteroatoms. The fraction of sp³-hybridized carbons (Fsp3) is 0.214. The highest BCUT2D eigenvalue weighted by atomic mass is 16.5. The highest BCUT2D eigenvalue weighted by Gasteiger charge is 2.47. The van der Waals surface area contributed by atoms with E-state index in [2.05, 4.69) is 84.3 Å². The first-order chi connectivity index (χ1) is 14.8. The lowest BCUT2D eigenvalue weighted by Gasteiger charge is -2.46. The second-order valence-corrected chi connectivity index (χ2v) is 7.92. The summed E-state index contributed by atoms with van der Waals surface area (Å²) < 4.78 is 6.88. The fourth-order valence-corrected chi connectivity index (χ4v) is 4.64. The summed E-state index contributed by atoms with van der Waals surface area (Å²) in [6.45, 7) is 4.23. The number of nitrogens with zero attached hydrogens (tertiary/aromatic N) is 1. The second kappa shape index (κ2) is 7.86. The molecule has 0 saturated carbocycles. The first-order valence-corrected chi connectivity index (χ1v) is 10.7. The maximum absolute atomic E-state index is 6.88. The number of ether oxygens (including phenoxy) is 1. The number of hydrogen-bond donors (Lipinski definition) is 0. The van der Waals surface area contributed by atoms with E-state index >= 15 is 0 Å². The molecule has 3 aromatic carbocycles. The van der Waals surface area contributed by atoms with Crippen molar-refractivity contribution in [1.82, 2.24) is 4.90 Å². The average molecular weight is 392 g/mol. The fourth-order valence-electron chi connectivity index (χ4n) is 4.64. The SMILES string of the molecule is CC1=C(C#Cc2ccccc2)c2ccccc2O[C@]1(c1ccccc1)N1CCCC1. The topological polar surface area (TPSA) is 12.5 Å². The molecule has 1 saturated heterocycles. The lowest BCUT2D eigenvalue weighted by molar-refractivity contribution is -0.0493. The van der Waals surface area contributed by atoms with Crippen LogP contribution >= 0.6 is 0 Å². The molecule has 1 fully saturated rings. The maximum Gasteiger partial charge on any atom is 0.213 e. The average Bonchev–Trinajstić information content (AvgIpc) is 3.35. The molecule has 3 aromatic rings. The van der Waals surface area contributed by atoms with Gasteiger partial charge in [-0.1, -0.05) is 72.5 Å². The molecule has 2 nitrogen and oxygen atoms in total. The monoisotopic (exact) mass is 391 g/mol. The number of allylic oxidation sites excluding steroid dienone is 1. The summed E-state index contributed by atoms with van der Waals surface area (Å²) in [4.78, 5) is 2.48. The lowest BCUT2D eigenvalue weighted by atomic mass is 9.84. The Balaban J connectivity index is 1.75. The van der Waals surface area contributed by atoms with E-state index in [1.165, 1.54) is 12.8 Å². The smallest absolute Gasteiger partial charge is 0.213 e. The van der Waals surface area contributed by atoms with Crippen molar-refractivity contribution in [2.45, 2.75) is 25.5 Å². The molecule has 30 heavy (non-hydrogen) atoms. The van der Waals surface area contributed by atoms with Gasteiger partial charge in [0.05, 0.1) is 0 Å². The Morgan fingerprint density at radius 1 is 0.767 bits per heavy atom. The van der Waals surface area contributed by atoms with Gasteiger partial charge >= 0.3 is 0 Å². The van der Waals surface area contributed by atoms with Crippen LogP contribution in [0.2, 0.25) is 0 Å². The summed E-state index contributed by atoms with van der Waals surface area (Å²) in [5.74, 6) is 7.80. The van der Waals surface area contributed by atoms with E-state index < -0.39 is 5.72 Å². The molecule has 148 valence electrons. The summed E-state index contributed by atoms with van der Waals surface area (Å²) in [5, 5.41) is 0. The normalized spacial score (nSPS) is 20.8. The molecule has 0 radical (unpaired) electrons. The number of rotatable bonds is 2. The Morgan fingerprint density at radius 3 is 2.13 bits per heavy atom. The Labute approximate surface area is 178 Å². The molecule has 5 rings (SSSR count). The molecule has 0 spiro atoms. The van der Waals surface area contributed by atoms with Crippen LogP contribution in [0.15, 0.2) is 90.5 Å². The van der Waals surface area contributed by atoms with E-state index in [1.54, 1.807) is 0 Å². The van der Waals surface area contributed by atoms with Gasteiger partial charge in [0.1, 0.15) is 5.75 Å². The molecule has 0 bridgehead atoms. The zero-order chi connectivity index (χ0) is 20.4. The highest BCUT2D eigenvalue weighted by molar-refractivity contribution is 5.87. The summed E-state index contributed by atoms with van der Waals surface area (Å²) in [6.07, 6.45) is 2.38. The van der Waals surface area contributed by atoms with Crippen LogP contribution in [0.3, 0.4) is 0 Å². The molecule has 2 aliphatic heterocycles. The third-order valence-electron chi connectivity index (χ3n) is 6.12. The minimum atomic E-state index is -0.618. The van der Waals surface area contributed by atoms with Crippen LogP contribution in [0.1, 0.15) is 36.5 Å². The van der Waals surface area contributed by atoms with Crippen molar-refractivity contribution in [3.63, 3.8) is 0 Å². The van der Waals surface area contributed by atoms with Gasteiger partial charge in [0.15, 0.2) is 0 Å². The third kappa shape index (κ3) is 3.12. The number of benzene rings is 3. The van der Waals surface area contributed by atoms with Gasteiger partial charge in [0.2, 0.25) is 5.72 Å². The summed E-state index contributed by atoms with van der Waals surface area (Å²) >= 11 is 0. The van der Waals surface area contributed by atoms with E-state index in [0.29, 0.717) is 0 Å². The molecule has 2 aliphatic rings. The van der Waals surface area contributed by atoms with E-state index in [4.69, 9.17) is 4.74 Å². The molecular weight excluding hydrogens is 366 g/mol. The van der Waals surface area contributed by atoms with E-state index in [-0.39, 0.29) is 0 Å². The number of hydrogen-bond acceptors (Lipinski definition) is 2. The van der Waals surface area contributed by atoms with Gasteiger partial charge in [0.25, 0.3) is 0 Å². The van der Waals surface area contributed by atoms with Crippen molar-refractivity contribution in [3.8, 4) is 17.6 Å². The van der Waals surface area contributed by atoms with Crippen LogP contribution in [0, 0.1) is 11.8 Å². The van der Waals surface area contributed by atoms with Gasteiger partial charge in [0, 0.05) is 40.9 Å². The largest absolute Gasteiger partial charge is 0.464 e. The molecule has 0 N–H and O–H groups in total. The molecule has 0 unspecified atom stereocenters. The van der Waals surface area contributed by atoms with Crippen molar-refractivity contribution in [3.05, 3.63) is 107 Å². The molecule has 2 heterocycles. The van der Waals surface area contributed by atoms with Crippen LogP contribution in [-0.2, 0) is 5.72 Å². The molecular formula is C28H25NO. The predicted octanol–water partition coefficient (Wildman–Crippen LogP) is 5.85. The zero-order valence-corrected chi connectivity index (χ0v) is 17.3. The number of para-hydroxylation sites is 1. The van der Waals surface area contributed by atoms with Crippen molar-refractivity contribution in [1.29, 1.82) is 0 Å². The first kappa shape index (κ1) is 18.7. The molecule has 0 aromatic heterocycles. The Bertz CT molecular complexity index is 1130. The zero-order valence-electron chi connectivity index (χ0n) is 17.3. The highest BCUT2D eigenvalue weighted by Crippen LogP contribution is 2.48. The maximum atomic E-state index is 6.88. The quantitative estimate of drug-likeness (QED) is 0.508. The number of likely N-dealkylation sites (tertiary alicyclic amines) is 1. The van der Waals surface area contributed by atoms with E-state index in [1.807, 2.05) is 24.3 Å². The van der Waals surface area contributed by atoms with Gasteiger partial charge in [-0.05, 0) is 44.0 Å². The first-order valence-electron chi connectivity index (χ1n) is 10.7. The standard InChI is InChI=1S/C28H25NO/c1-22-25(19-18-23-12-4-2-5-13-23)26-16-8-9-17-27(26)30-28(22,29-20-10-11-21-29)24-14-6-3-7-15-24/h2-9,12-17H,10-11,20-21H2,1H3/t28-/m1/s1. The molecule has 0 amide bonds. The third-order valence-corrected chi connectivity index (χ3v) is 6.12. The van der Waals surface area contributed by atoms with Crippen LogP contribution in [0.5, 0.6) is 5.75 Å². The van der Waals surface area contributed by atoms with Gasteiger partial charge in [-0.25, -0.2) is 0 Å². The van der Waals surface area contributed by atoms with E-state index in [9.17, 15) is 0 Å². The van der Waals surface area contributed by atoms with Crippen molar-refractivity contribution in [2.24, 2.45) is 0 Å². The lowest BCUT2D eigenvalue weighted by Crippen LogP contribution is -2.51. The van der Waals surface area contributed by atoms with Gasteiger partial charge in [-0.2, -0.15) is 0 Å². The van der Waals surface area contributed by atoms with Gasteiger partial charge in [-0.15, -0.1) is 0 Å². The molecule has 1 atom stereocenters. The van der Waals surface area contributed by atoms with Gasteiger partial charge < -0.3 is 4.74 Å².